The van der Waals surface area contributed by atoms with Crippen LogP contribution in [-0.2, 0) is 4.79 Å². The summed E-state index contributed by atoms with van der Waals surface area (Å²) in [5.74, 6) is 0.193. The Morgan fingerprint density at radius 3 is 2.88 bits per heavy atom. The number of likely N-dealkylation sites (tertiary alicyclic amines) is 1. The summed E-state index contributed by atoms with van der Waals surface area (Å²) >= 11 is 7.49. The minimum atomic E-state index is 0.0182. The summed E-state index contributed by atoms with van der Waals surface area (Å²) in [4.78, 5) is 14.5. The van der Waals surface area contributed by atoms with Crippen LogP contribution >= 0.6 is 23.4 Å². The van der Waals surface area contributed by atoms with Crippen molar-refractivity contribution in [3.05, 3.63) is 23.2 Å². The van der Waals surface area contributed by atoms with Gasteiger partial charge in [-0.2, -0.15) is 0 Å². The predicted octanol–water partition coefficient (Wildman–Crippen LogP) is 2.25. The topological polar surface area (TPSA) is 46.3 Å². The Labute approximate surface area is 104 Å². The fourth-order valence-corrected chi connectivity index (χ4v) is 3.06. The van der Waals surface area contributed by atoms with Crippen LogP contribution in [0.3, 0.4) is 0 Å². The summed E-state index contributed by atoms with van der Waals surface area (Å²) in [5, 5.41) is 0.563. The lowest BCUT2D eigenvalue weighted by Gasteiger charge is -2.10. The maximum absolute atomic E-state index is 11.7. The normalized spacial score (nSPS) is 20.5. The Morgan fingerprint density at radius 1 is 1.56 bits per heavy atom. The Hall–Kier alpha value is -0.870. The van der Waals surface area contributed by atoms with Gasteiger partial charge in [0.15, 0.2) is 0 Å². The SMILES string of the molecule is CN1CCC(Sc2ccc(N)c(Cl)c2)C1=O. The summed E-state index contributed by atoms with van der Waals surface area (Å²) in [7, 11) is 1.83. The van der Waals surface area contributed by atoms with E-state index < -0.39 is 0 Å². The summed E-state index contributed by atoms with van der Waals surface area (Å²) in [6.45, 7) is 0.833. The average molecular weight is 257 g/mol. The van der Waals surface area contributed by atoms with Gasteiger partial charge in [-0.3, -0.25) is 4.79 Å². The van der Waals surface area contributed by atoms with E-state index in [0.29, 0.717) is 10.7 Å². The number of hydrogen-bond donors (Lipinski definition) is 1. The molecule has 0 bridgehead atoms. The van der Waals surface area contributed by atoms with Crippen molar-refractivity contribution in [1.29, 1.82) is 0 Å². The number of hydrogen-bond acceptors (Lipinski definition) is 3. The van der Waals surface area contributed by atoms with Crippen LogP contribution in [0.15, 0.2) is 23.1 Å². The second-order valence-corrected chi connectivity index (χ2v) is 5.52. The van der Waals surface area contributed by atoms with Crippen LogP contribution in [0.2, 0.25) is 5.02 Å². The first-order valence-corrected chi connectivity index (χ1v) is 6.30. The minimum absolute atomic E-state index is 0.0182. The summed E-state index contributed by atoms with van der Waals surface area (Å²) in [6.07, 6.45) is 0.891. The molecule has 1 heterocycles. The molecular formula is C11H13ClN2OS. The Bertz CT molecular complexity index is 424. The number of nitrogen functional groups attached to an aromatic ring is 1. The second kappa shape index (κ2) is 4.55. The molecule has 1 saturated heterocycles. The second-order valence-electron chi connectivity index (χ2n) is 3.84. The van der Waals surface area contributed by atoms with Gasteiger partial charge in [-0.05, 0) is 24.6 Å². The van der Waals surface area contributed by atoms with Crippen LogP contribution in [0, 0.1) is 0 Å². The molecule has 0 saturated carbocycles. The molecule has 1 aromatic carbocycles. The van der Waals surface area contributed by atoms with E-state index in [4.69, 9.17) is 17.3 Å². The lowest BCUT2D eigenvalue weighted by molar-refractivity contribution is -0.126. The number of nitrogens with zero attached hydrogens (tertiary/aromatic N) is 1. The van der Waals surface area contributed by atoms with Crippen molar-refractivity contribution in [3.8, 4) is 0 Å². The molecule has 0 aromatic heterocycles. The third-order valence-electron chi connectivity index (χ3n) is 2.63. The molecule has 0 aliphatic carbocycles. The standard InChI is InChI=1S/C11H13ClN2OS/c1-14-5-4-10(11(14)15)16-7-2-3-9(13)8(12)6-7/h2-3,6,10H,4-5,13H2,1H3. The number of thioether (sulfide) groups is 1. The van der Waals surface area contributed by atoms with E-state index in [0.717, 1.165) is 17.9 Å². The smallest absolute Gasteiger partial charge is 0.235 e. The maximum Gasteiger partial charge on any atom is 0.235 e. The van der Waals surface area contributed by atoms with Gasteiger partial charge in [0.25, 0.3) is 0 Å². The van der Waals surface area contributed by atoms with E-state index in [1.165, 1.54) is 0 Å². The molecule has 16 heavy (non-hydrogen) atoms. The number of nitrogens with two attached hydrogens (primary N) is 1. The number of rotatable bonds is 2. The molecule has 3 nitrogen and oxygen atoms in total. The molecule has 5 heteroatoms. The molecule has 1 amide bonds. The zero-order valence-corrected chi connectivity index (χ0v) is 10.5. The van der Waals surface area contributed by atoms with E-state index in [2.05, 4.69) is 0 Å². The van der Waals surface area contributed by atoms with Crippen molar-refractivity contribution in [2.45, 2.75) is 16.6 Å². The van der Waals surface area contributed by atoms with Gasteiger partial charge < -0.3 is 10.6 Å². The number of amides is 1. The first-order valence-electron chi connectivity index (χ1n) is 5.04. The average Bonchev–Trinajstić information content (AvgIpc) is 2.55. The lowest BCUT2D eigenvalue weighted by Crippen LogP contribution is -2.23. The molecule has 1 aliphatic heterocycles. The minimum Gasteiger partial charge on any atom is -0.398 e. The number of carbonyl (C=O) groups excluding carboxylic acids is 1. The van der Waals surface area contributed by atoms with E-state index in [1.807, 2.05) is 19.2 Å². The molecule has 2 N–H and O–H groups in total. The summed E-state index contributed by atoms with van der Waals surface area (Å²) in [6, 6.07) is 5.48. The van der Waals surface area contributed by atoms with Gasteiger partial charge in [0.2, 0.25) is 5.91 Å². The van der Waals surface area contributed by atoms with Crippen LogP contribution in [0.25, 0.3) is 0 Å². The summed E-state index contributed by atoms with van der Waals surface area (Å²) < 4.78 is 0. The molecule has 1 atom stereocenters. The first kappa shape index (κ1) is 11.6. The number of benzene rings is 1. The van der Waals surface area contributed by atoms with Gasteiger partial charge in [0.1, 0.15) is 0 Å². The van der Waals surface area contributed by atoms with Crippen molar-refractivity contribution in [1.82, 2.24) is 4.90 Å². The number of halogens is 1. The Balaban J connectivity index is 2.10. The Kier molecular flexibility index (Phi) is 3.30. The van der Waals surface area contributed by atoms with Crippen molar-refractivity contribution < 1.29 is 4.79 Å². The highest BCUT2D eigenvalue weighted by molar-refractivity contribution is 8.00. The highest BCUT2D eigenvalue weighted by atomic mass is 35.5. The highest BCUT2D eigenvalue weighted by Gasteiger charge is 2.29. The first-order chi connectivity index (χ1) is 7.58. The molecule has 0 radical (unpaired) electrons. The molecule has 1 aliphatic rings. The highest BCUT2D eigenvalue weighted by Crippen LogP contribution is 2.33. The predicted molar refractivity (Wildman–Crippen MR) is 67.8 cm³/mol. The fraction of sp³-hybridized carbons (Fsp3) is 0.364. The van der Waals surface area contributed by atoms with E-state index in [9.17, 15) is 4.79 Å². The van der Waals surface area contributed by atoms with Crippen LogP contribution in [-0.4, -0.2) is 29.6 Å². The van der Waals surface area contributed by atoms with Crippen LogP contribution < -0.4 is 5.73 Å². The molecule has 1 fully saturated rings. The van der Waals surface area contributed by atoms with Crippen molar-refractivity contribution in [3.63, 3.8) is 0 Å². The molecule has 1 aromatic rings. The van der Waals surface area contributed by atoms with Crippen molar-refractivity contribution in [2.24, 2.45) is 0 Å². The third-order valence-corrected chi connectivity index (χ3v) is 4.20. The quantitative estimate of drug-likeness (QED) is 0.826. The monoisotopic (exact) mass is 256 g/mol. The largest absolute Gasteiger partial charge is 0.398 e. The fourth-order valence-electron chi connectivity index (χ4n) is 1.65. The molecule has 86 valence electrons. The maximum atomic E-state index is 11.7. The van der Waals surface area contributed by atoms with E-state index in [1.54, 1.807) is 22.7 Å². The summed E-state index contributed by atoms with van der Waals surface area (Å²) in [5.41, 5.74) is 6.20. The van der Waals surface area contributed by atoms with Crippen LogP contribution in [0.1, 0.15) is 6.42 Å². The lowest BCUT2D eigenvalue weighted by atomic mass is 10.3. The van der Waals surface area contributed by atoms with Crippen LogP contribution in [0.4, 0.5) is 5.69 Å². The van der Waals surface area contributed by atoms with Gasteiger partial charge in [-0.15, -0.1) is 11.8 Å². The molecule has 2 rings (SSSR count). The zero-order chi connectivity index (χ0) is 11.7. The van der Waals surface area contributed by atoms with Crippen LogP contribution in [0.5, 0.6) is 0 Å². The zero-order valence-electron chi connectivity index (χ0n) is 8.94. The number of carbonyl (C=O) groups is 1. The molecular weight excluding hydrogens is 244 g/mol. The number of anilines is 1. The van der Waals surface area contributed by atoms with E-state index in [-0.39, 0.29) is 11.2 Å². The van der Waals surface area contributed by atoms with Crippen molar-refractivity contribution in [2.75, 3.05) is 19.3 Å². The van der Waals surface area contributed by atoms with E-state index >= 15 is 0 Å². The Morgan fingerprint density at radius 2 is 2.31 bits per heavy atom. The van der Waals surface area contributed by atoms with Gasteiger partial charge in [0.05, 0.1) is 16.0 Å². The van der Waals surface area contributed by atoms with Gasteiger partial charge >= 0.3 is 0 Å². The van der Waals surface area contributed by atoms with Gasteiger partial charge in [0, 0.05) is 18.5 Å². The molecule has 0 spiro atoms. The molecule has 1 unspecified atom stereocenters. The van der Waals surface area contributed by atoms with Gasteiger partial charge in [-0.1, -0.05) is 11.6 Å². The van der Waals surface area contributed by atoms with Gasteiger partial charge in [-0.25, -0.2) is 0 Å². The van der Waals surface area contributed by atoms with Crippen molar-refractivity contribution >= 4 is 35.0 Å². The third kappa shape index (κ3) is 2.28.